The van der Waals surface area contributed by atoms with Gasteiger partial charge >= 0.3 is 0 Å². The quantitative estimate of drug-likeness (QED) is 0.740. The number of hydrogen-bond donors (Lipinski definition) is 0. The first-order valence-corrected chi connectivity index (χ1v) is 8.57. The Hall–Kier alpha value is -2.79. The van der Waals surface area contributed by atoms with Crippen molar-refractivity contribution in [2.24, 2.45) is 0 Å². The predicted octanol–water partition coefficient (Wildman–Crippen LogP) is 2.59. The maximum Gasteiger partial charge on any atom is 0.272 e. The van der Waals surface area contributed by atoms with Crippen molar-refractivity contribution in [2.75, 3.05) is 26.2 Å². The van der Waals surface area contributed by atoms with Crippen LogP contribution in [0.15, 0.2) is 60.8 Å². The lowest BCUT2D eigenvalue weighted by Crippen LogP contribution is -2.48. The van der Waals surface area contributed by atoms with Crippen LogP contribution in [0, 0.1) is 0 Å². The molecule has 1 saturated heterocycles. The van der Waals surface area contributed by atoms with E-state index in [0.717, 1.165) is 49.3 Å². The third-order valence-corrected chi connectivity index (χ3v) is 4.59. The number of carbonyl (C=O) groups is 1. The second-order valence-electron chi connectivity index (χ2n) is 6.28. The van der Waals surface area contributed by atoms with Gasteiger partial charge in [-0.15, -0.1) is 0 Å². The smallest absolute Gasteiger partial charge is 0.272 e. The third kappa shape index (κ3) is 3.51. The summed E-state index contributed by atoms with van der Waals surface area (Å²) in [5.41, 5.74) is 2.46. The van der Waals surface area contributed by atoms with Crippen LogP contribution < -0.4 is 0 Å². The van der Waals surface area contributed by atoms with Crippen LogP contribution in [-0.2, 0) is 6.54 Å². The second kappa shape index (κ2) is 6.99. The molecule has 0 spiro atoms. The maximum absolute atomic E-state index is 12.7. The van der Waals surface area contributed by atoms with Gasteiger partial charge in [0.15, 0.2) is 0 Å². The average Bonchev–Trinajstić information content (AvgIpc) is 2.68. The molecule has 0 atom stereocenters. The minimum atomic E-state index is 0.0169. The van der Waals surface area contributed by atoms with Crippen molar-refractivity contribution in [1.82, 2.24) is 19.8 Å². The van der Waals surface area contributed by atoms with Gasteiger partial charge in [-0.1, -0.05) is 30.3 Å². The lowest BCUT2D eigenvalue weighted by molar-refractivity contribution is 0.0621. The summed E-state index contributed by atoms with van der Waals surface area (Å²) in [5, 5.41) is 1.05. The van der Waals surface area contributed by atoms with E-state index in [0.29, 0.717) is 5.69 Å². The molecule has 0 aliphatic carbocycles. The summed E-state index contributed by atoms with van der Waals surface area (Å²) in [6, 6.07) is 17.6. The Kier molecular flexibility index (Phi) is 4.39. The Labute approximate surface area is 146 Å². The molecule has 0 saturated carbocycles. The Bertz CT molecular complexity index is 873. The van der Waals surface area contributed by atoms with Crippen molar-refractivity contribution in [2.45, 2.75) is 6.54 Å². The van der Waals surface area contributed by atoms with Gasteiger partial charge < -0.3 is 4.90 Å². The zero-order chi connectivity index (χ0) is 17.1. The van der Waals surface area contributed by atoms with Crippen molar-refractivity contribution in [3.8, 4) is 0 Å². The molecule has 3 aromatic rings. The zero-order valence-electron chi connectivity index (χ0n) is 14.0. The van der Waals surface area contributed by atoms with E-state index < -0.39 is 0 Å². The van der Waals surface area contributed by atoms with E-state index in [4.69, 9.17) is 0 Å². The molecule has 25 heavy (non-hydrogen) atoms. The number of fused-ring (bicyclic) bond motifs is 1. The number of nitrogens with zero attached hydrogens (tertiary/aromatic N) is 4. The largest absolute Gasteiger partial charge is 0.335 e. The van der Waals surface area contributed by atoms with Gasteiger partial charge in [0, 0.05) is 44.3 Å². The molecule has 0 unspecified atom stereocenters. The number of carbonyl (C=O) groups excluding carboxylic acids is 1. The molecular weight excluding hydrogens is 312 g/mol. The number of benzene rings is 1. The summed E-state index contributed by atoms with van der Waals surface area (Å²) in [6.07, 6.45) is 1.82. The highest BCUT2D eigenvalue weighted by atomic mass is 16.2. The van der Waals surface area contributed by atoms with Gasteiger partial charge in [-0.2, -0.15) is 0 Å². The van der Waals surface area contributed by atoms with Crippen LogP contribution >= 0.6 is 0 Å². The number of piperazine rings is 1. The van der Waals surface area contributed by atoms with Crippen molar-refractivity contribution in [3.63, 3.8) is 0 Å². The molecule has 1 amide bonds. The van der Waals surface area contributed by atoms with Crippen LogP contribution in [0.25, 0.3) is 10.9 Å². The first kappa shape index (κ1) is 15.7. The topological polar surface area (TPSA) is 49.3 Å². The maximum atomic E-state index is 12.7. The molecule has 2 aromatic heterocycles. The highest BCUT2D eigenvalue weighted by molar-refractivity contribution is 5.95. The molecule has 3 heterocycles. The van der Waals surface area contributed by atoms with Crippen molar-refractivity contribution < 1.29 is 4.79 Å². The zero-order valence-corrected chi connectivity index (χ0v) is 14.0. The first-order valence-electron chi connectivity index (χ1n) is 8.57. The van der Waals surface area contributed by atoms with Crippen molar-refractivity contribution in [1.29, 1.82) is 0 Å². The van der Waals surface area contributed by atoms with E-state index >= 15 is 0 Å². The molecule has 0 N–H and O–H groups in total. The van der Waals surface area contributed by atoms with Gasteiger partial charge in [-0.3, -0.25) is 14.7 Å². The van der Waals surface area contributed by atoms with Crippen molar-refractivity contribution in [3.05, 3.63) is 72.2 Å². The number of hydrogen-bond acceptors (Lipinski definition) is 4. The summed E-state index contributed by atoms with van der Waals surface area (Å²) in [6.45, 7) is 3.99. The molecule has 5 nitrogen and oxygen atoms in total. The second-order valence-corrected chi connectivity index (χ2v) is 6.28. The minimum absolute atomic E-state index is 0.0169. The van der Waals surface area contributed by atoms with E-state index in [-0.39, 0.29) is 5.91 Å². The average molecular weight is 332 g/mol. The fraction of sp³-hybridized carbons (Fsp3) is 0.250. The fourth-order valence-electron chi connectivity index (χ4n) is 3.18. The Morgan fingerprint density at radius 1 is 0.920 bits per heavy atom. The molecule has 5 heteroatoms. The molecule has 1 aliphatic heterocycles. The number of para-hydroxylation sites is 1. The Balaban J connectivity index is 1.40. The first-order chi connectivity index (χ1) is 12.3. The monoisotopic (exact) mass is 332 g/mol. The minimum Gasteiger partial charge on any atom is -0.335 e. The van der Waals surface area contributed by atoms with Gasteiger partial charge in [0.05, 0.1) is 11.2 Å². The van der Waals surface area contributed by atoms with E-state index in [9.17, 15) is 4.79 Å². The molecule has 126 valence electrons. The molecule has 4 rings (SSSR count). The summed E-state index contributed by atoms with van der Waals surface area (Å²) >= 11 is 0. The van der Waals surface area contributed by atoms with E-state index in [1.807, 2.05) is 65.7 Å². The molecule has 1 aliphatic rings. The van der Waals surface area contributed by atoms with Gasteiger partial charge in [0.1, 0.15) is 5.69 Å². The van der Waals surface area contributed by atoms with Gasteiger partial charge in [-0.05, 0) is 24.3 Å². The lowest BCUT2D eigenvalue weighted by atomic mass is 10.2. The highest BCUT2D eigenvalue weighted by Crippen LogP contribution is 2.14. The Morgan fingerprint density at radius 2 is 1.72 bits per heavy atom. The normalized spacial score (nSPS) is 15.4. The number of amides is 1. The van der Waals surface area contributed by atoms with Gasteiger partial charge in [0.2, 0.25) is 0 Å². The fourth-order valence-corrected chi connectivity index (χ4v) is 3.18. The summed E-state index contributed by atoms with van der Waals surface area (Å²) in [4.78, 5) is 25.9. The van der Waals surface area contributed by atoms with Crippen LogP contribution in [0.2, 0.25) is 0 Å². The van der Waals surface area contributed by atoms with Gasteiger partial charge in [0.25, 0.3) is 5.91 Å². The summed E-state index contributed by atoms with van der Waals surface area (Å²) < 4.78 is 0. The van der Waals surface area contributed by atoms with Crippen LogP contribution in [0.1, 0.15) is 16.2 Å². The standard InChI is InChI=1S/C20H20N4O/c25-20(19-9-8-16-5-1-2-7-18(16)22-19)24-13-11-23(12-14-24)15-17-6-3-4-10-21-17/h1-10H,11-15H2. The Morgan fingerprint density at radius 3 is 2.52 bits per heavy atom. The third-order valence-electron chi connectivity index (χ3n) is 4.59. The van der Waals surface area contributed by atoms with Crippen LogP contribution in [0.3, 0.4) is 0 Å². The molecule has 1 aromatic carbocycles. The predicted molar refractivity (Wildman–Crippen MR) is 97.2 cm³/mol. The number of rotatable bonds is 3. The van der Waals surface area contributed by atoms with Crippen LogP contribution in [0.5, 0.6) is 0 Å². The molecular formula is C20H20N4O. The van der Waals surface area contributed by atoms with Gasteiger partial charge in [-0.25, -0.2) is 4.98 Å². The van der Waals surface area contributed by atoms with Crippen LogP contribution in [-0.4, -0.2) is 51.9 Å². The number of aromatic nitrogens is 2. The highest BCUT2D eigenvalue weighted by Gasteiger charge is 2.23. The van der Waals surface area contributed by atoms with E-state index in [1.165, 1.54) is 0 Å². The lowest BCUT2D eigenvalue weighted by Gasteiger charge is -2.34. The molecule has 0 radical (unpaired) electrons. The SMILES string of the molecule is O=C(c1ccc2ccccc2n1)N1CCN(Cc2ccccn2)CC1. The number of pyridine rings is 2. The summed E-state index contributed by atoms with van der Waals surface area (Å²) in [5.74, 6) is 0.0169. The van der Waals surface area contributed by atoms with Crippen LogP contribution in [0.4, 0.5) is 0 Å². The molecule has 1 fully saturated rings. The van der Waals surface area contributed by atoms with Crippen molar-refractivity contribution >= 4 is 16.8 Å². The summed E-state index contributed by atoms with van der Waals surface area (Å²) in [7, 11) is 0. The van der Waals surface area contributed by atoms with E-state index in [1.54, 1.807) is 0 Å². The molecule has 0 bridgehead atoms. The van der Waals surface area contributed by atoms with E-state index in [2.05, 4.69) is 14.9 Å².